The molecule has 1 aliphatic carbocycles. The van der Waals surface area contributed by atoms with Gasteiger partial charge in [-0.05, 0) is 37.8 Å². The number of halogens is 2. The first-order chi connectivity index (χ1) is 9.72. The fourth-order valence-electron chi connectivity index (χ4n) is 3.50. The second-order valence-corrected chi connectivity index (χ2v) is 6.03. The van der Waals surface area contributed by atoms with E-state index in [1.54, 1.807) is 6.07 Å². The topological polar surface area (TPSA) is 15.3 Å². The molecule has 2 nitrogen and oxygen atoms in total. The van der Waals surface area contributed by atoms with Crippen LogP contribution in [0.2, 0.25) is 0 Å². The Morgan fingerprint density at radius 3 is 2.50 bits per heavy atom. The van der Waals surface area contributed by atoms with Crippen LogP contribution in [0.3, 0.4) is 0 Å². The minimum absolute atomic E-state index is 0.427. The highest BCUT2D eigenvalue weighted by atomic mass is 19.1. The quantitative estimate of drug-likeness (QED) is 0.912. The Morgan fingerprint density at radius 1 is 1.00 bits per heavy atom. The molecule has 110 valence electrons. The van der Waals surface area contributed by atoms with Crippen LogP contribution in [0.1, 0.15) is 38.5 Å². The Balaban J connectivity index is 1.64. The van der Waals surface area contributed by atoms with Crippen LogP contribution in [-0.4, -0.2) is 25.2 Å². The summed E-state index contributed by atoms with van der Waals surface area (Å²) in [5.74, 6) is -0.963. The molecular weight excluding hydrogens is 258 g/mol. The van der Waals surface area contributed by atoms with Crippen LogP contribution in [0.4, 0.5) is 14.5 Å². The van der Waals surface area contributed by atoms with E-state index in [2.05, 4.69) is 5.32 Å². The Morgan fingerprint density at radius 2 is 1.75 bits per heavy atom. The highest BCUT2D eigenvalue weighted by Crippen LogP contribution is 2.25. The lowest BCUT2D eigenvalue weighted by Gasteiger charge is -2.36. The van der Waals surface area contributed by atoms with Crippen molar-refractivity contribution in [2.75, 3.05) is 18.0 Å². The zero-order valence-electron chi connectivity index (χ0n) is 11.7. The summed E-state index contributed by atoms with van der Waals surface area (Å²) in [5, 5.41) is 3.71. The molecule has 1 atom stereocenters. The largest absolute Gasteiger partial charge is 0.368 e. The van der Waals surface area contributed by atoms with Crippen LogP contribution in [0, 0.1) is 11.6 Å². The predicted molar refractivity (Wildman–Crippen MR) is 77.0 cm³/mol. The van der Waals surface area contributed by atoms with Crippen molar-refractivity contribution in [3.63, 3.8) is 0 Å². The van der Waals surface area contributed by atoms with Gasteiger partial charge in [0, 0.05) is 31.2 Å². The van der Waals surface area contributed by atoms with E-state index < -0.39 is 11.6 Å². The number of hydrogen-bond donors (Lipinski definition) is 1. The highest BCUT2D eigenvalue weighted by molar-refractivity contribution is 5.48. The van der Waals surface area contributed by atoms with Gasteiger partial charge in [-0.3, -0.25) is 0 Å². The number of anilines is 1. The SMILES string of the molecule is Fc1ccc(N2CCCC(NC3CCCC3)C2)c(F)c1. The standard InChI is InChI=1S/C16H22F2N2/c17-12-7-8-16(15(18)10-12)20-9-3-6-14(11-20)19-13-4-1-2-5-13/h7-8,10,13-14,19H,1-6,9,11H2. The molecule has 1 heterocycles. The van der Waals surface area contributed by atoms with Crippen molar-refractivity contribution in [1.82, 2.24) is 5.32 Å². The van der Waals surface area contributed by atoms with E-state index >= 15 is 0 Å². The van der Waals surface area contributed by atoms with Crippen molar-refractivity contribution < 1.29 is 8.78 Å². The van der Waals surface area contributed by atoms with Gasteiger partial charge in [0.05, 0.1) is 5.69 Å². The molecule has 1 saturated heterocycles. The van der Waals surface area contributed by atoms with Gasteiger partial charge < -0.3 is 10.2 Å². The molecule has 1 N–H and O–H groups in total. The number of benzene rings is 1. The van der Waals surface area contributed by atoms with E-state index in [1.165, 1.54) is 31.7 Å². The lowest BCUT2D eigenvalue weighted by atomic mass is 10.0. The van der Waals surface area contributed by atoms with Crippen molar-refractivity contribution in [3.8, 4) is 0 Å². The van der Waals surface area contributed by atoms with E-state index in [4.69, 9.17) is 0 Å². The molecule has 4 heteroatoms. The summed E-state index contributed by atoms with van der Waals surface area (Å²) in [6.45, 7) is 1.67. The second kappa shape index (κ2) is 6.08. The third-order valence-electron chi connectivity index (χ3n) is 4.50. The molecule has 0 amide bonds. The summed E-state index contributed by atoms with van der Waals surface area (Å²) in [4.78, 5) is 2.05. The molecule has 1 aliphatic heterocycles. The first-order valence-electron chi connectivity index (χ1n) is 7.68. The average Bonchev–Trinajstić information content (AvgIpc) is 2.92. The Bertz CT molecular complexity index is 458. The predicted octanol–water partition coefficient (Wildman–Crippen LogP) is 3.47. The maximum atomic E-state index is 13.9. The van der Waals surface area contributed by atoms with E-state index in [0.717, 1.165) is 32.0 Å². The van der Waals surface area contributed by atoms with Crippen LogP contribution in [-0.2, 0) is 0 Å². The summed E-state index contributed by atoms with van der Waals surface area (Å²) >= 11 is 0. The molecule has 0 aromatic heterocycles. The highest BCUT2D eigenvalue weighted by Gasteiger charge is 2.25. The molecular formula is C16H22F2N2. The molecule has 2 fully saturated rings. The van der Waals surface area contributed by atoms with E-state index in [9.17, 15) is 8.78 Å². The van der Waals surface area contributed by atoms with Gasteiger partial charge >= 0.3 is 0 Å². The number of hydrogen-bond acceptors (Lipinski definition) is 2. The van der Waals surface area contributed by atoms with Crippen molar-refractivity contribution in [3.05, 3.63) is 29.8 Å². The molecule has 0 radical (unpaired) electrons. The molecule has 0 spiro atoms. The average molecular weight is 280 g/mol. The zero-order valence-corrected chi connectivity index (χ0v) is 11.7. The molecule has 20 heavy (non-hydrogen) atoms. The monoisotopic (exact) mass is 280 g/mol. The molecule has 1 aromatic rings. The van der Waals surface area contributed by atoms with Crippen molar-refractivity contribution in [1.29, 1.82) is 0 Å². The van der Waals surface area contributed by atoms with Crippen molar-refractivity contribution in [2.24, 2.45) is 0 Å². The minimum atomic E-state index is -0.510. The first-order valence-corrected chi connectivity index (χ1v) is 7.68. The van der Waals surface area contributed by atoms with E-state index in [0.29, 0.717) is 17.8 Å². The Hall–Kier alpha value is -1.16. The number of nitrogens with zero attached hydrogens (tertiary/aromatic N) is 1. The van der Waals surface area contributed by atoms with Gasteiger partial charge in [0.25, 0.3) is 0 Å². The molecule has 1 unspecified atom stereocenters. The van der Waals surface area contributed by atoms with Gasteiger partial charge in [-0.25, -0.2) is 8.78 Å². The van der Waals surface area contributed by atoms with Gasteiger partial charge in [-0.15, -0.1) is 0 Å². The third-order valence-corrected chi connectivity index (χ3v) is 4.50. The van der Waals surface area contributed by atoms with Gasteiger partial charge in [-0.2, -0.15) is 0 Å². The summed E-state index contributed by atoms with van der Waals surface area (Å²) < 4.78 is 26.9. The summed E-state index contributed by atoms with van der Waals surface area (Å²) in [6, 6.07) is 4.94. The maximum absolute atomic E-state index is 13.9. The Labute approximate surface area is 119 Å². The number of piperidine rings is 1. The van der Waals surface area contributed by atoms with Gasteiger partial charge in [0.1, 0.15) is 11.6 Å². The van der Waals surface area contributed by atoms with Crippen molar-refractivity contribution >= 4 is 5.69 Å². The van der Waals surface area contributed by atoms with Crippen LogP contribution in [0.15, 0.2) is 18.2 Å². The summed E-state index contributed by atoms with van der Waals surface area (Å²) in [6.07, 6.45) is 7.38. The van der Waals surface area contributed by atoms with Crippen molar-refractivity contribution in [2.45, 2.75) is 50.6 Å². The Kier molecular flexibility index (Phi) is 4.20. The fraction of sp³-hybridized carbons (Fsp3) is 0.625. The third kappa shape index (κ3) is 3.11. The minimum Gasteiger partial charge on any atom is -0.368 e. The lowest BCUT2D eigenvalue weighted by Crippen LogP contribution is -2.48. The zero-order chi connectivity index (χ0) is 13.9. The molecule has 3 rings (SSSR count). The van der Waals surface area contributed by atoms with Crippen LogP contribution in [0.5, 0.6) is 0 Å². The van der Waals surface area contributed by atoms with Gasteiger partial charge in [0.2, 0.25) is 0 Å². The normalized spacial score (nSPS) is 24.3. The van der Waals surface area contributed by atoms with Crippen LogP contribution in [0.25, 0.3) is 0 Å². The lowest BCUT2D eigenvalue weighted by molar-refractivity contribution is 0.373. The number of nitrogens with one attached hydrogen (secondary N) is 1. The van der Waals surface area contributed by atoms with Crippen LogP contribution >= 0.6 is 0 Å². The second-order valence-electron chi connectivity index (χ2n) is 6.03. The van der Waals surface area contributed by atoms with Gasteiger partial charge in [-0.1, -0.05) is 12.8 Å². The molecule has 1 aromatic carbocycles. The summed E-state index contributed by atoms with van der Waals surface area (Å²) in [7, 11) is 0. The molecule has 2 aliphatic rings. The fourth-order valence-corrected chi connectivity index (χ4v) is 3.50. The summed E-state index contributed by atoms with van der Waals surface area (Å²) in [5.41, 5.74) is 0.532. The maximum Gasteiger partial charge on any atom is 0.149 e. The van der Waals surface area contributed by atoms with E-state index in [1.807, 2.05) is 4.90 Å². The first kappa shape index (κ1) is 13.8. The molecule has 0 bridgehead atoms. The van der Waals surface area contributed by atoms with Crippen LogP contribution < -0.4 is 10.2 Å². The van der Waals surface area contributed by atoms with Gasteiger partial charge in [0.15, 0.2) is 0 Å². The smallest absolute Gasteiger partial charge is 0.149 e. The molecule has 1 saturated carbocycles. The van der Waals surface area contributed by atoms with E-state index in [-0.39, 0.29) is 0 Å². The number of rotatable bonds is 3.